The Kier molecular flexibility index (Phi) is 36.3. The molecule has 0 saturated carbocycles. The van der Waals surface area contributed by atoms with Gasteiger partial charge in [-0.3, -0.25) is 14.2 Å². The molecule has 0 saturated heterocycles. The summed E-state index contributed by atoms with van der Waals surface area (Å²) in [4.78, 5) is 37.5. The van der Waals surface area contributed by atoms with Gasteiger partial charge in [-0.25, -0.2) is 0 Å². The molecule has 0 heterocycles. The van der Waals surface area contributed by atoms with E-state index in [1.807, 2.05) is 27.2 Å². The summed E-state index contributed by atoms with van der Waals surface area (Å²) >= 11 is 0. The molecule has 322 valence electrons. The third-order valence-electron chi connectivity index (χ3n) is 8.71. The highest BCUT2D eigenvalue weighted by molar-refractivity contribution is 7.45. The van der Waals surface area contributed by atoms with Gasteiger partial charge in [-0.2, -0.15) is 0 Å². The van der Waals surface area contributed by atoms with Crippen LogP contribution in [0.15, 0.2) is 72.9 Å². The number of esters is 2. The minimum Gasteiger partial charge on any atom is -0.756 e. The van der Waals surface area contributed by atoms with Gasteiger partial charge in [0.1, 0.15) is 19.8 Å². The van der Waals surface area contributed by atoms with Crippen LogP contribution in [-0.2, 0) is 32.7 Å². The van der Waals surface area contributed by atoms with E-state index in [2.05, 4.69) is 80.7 Å². The van der Waals surface area contributed by atoms with Crippen LogP contribution < -0.4 is 4.89 Å². The number of rotatable bonds is 38. The number of likely N-dealkylation sites (N-methyl/N-ethyl adjacent to an activating group) is 1. The lowest BCUT2D eigenvalue weighted by atomic mass is 10.1. The van der Waals surface area contributed by atoms with Gasteiger partial charge in [0.05, 0.1) is 27.7 Å². The number of allylic oxidation sites excluding steroid dienone is 12. The molecule has 0 aromatic carbocycles. The van der Waals surface area contributed by atoms with Crippen molar-refractivity contribution in [2.45, 2.75) is 161 Å². The van der Waals surface area contributed by atoms with Crippen LogP contribution in [0.2, 0.25) is 0 Å². The number of phosphoric acid groups is 1. The van der Waals surface area contributed by atoms with Crippen LogP contribution in [0.1, 0.15) is 155 Å². The Balaban J connectivity index is 4.50. The van der Waals surface area contributed by atoms with Crippen LogP contribution in [0, 0.1) is 0 Å². The first kappa shape index (κ1) is 53.5. The Morgan fingerprint density at radius 3 is 1.59 bits per heavy atom. The number of ether oxygens (including phenoxy) is 2. The quantitative estimate of drug-likeness (QED) is 0.0199. The number of carbonyl (C=O) groups is 2. The van der Waals surface area contributed by atoms with E-state index < -0.39 is 32.5 Å². The molecule has 10 heteroatoms. The second-order valence-corrected chi connectivity index (χ2v) is 16.7. The molecule has 0 bridgehead atoms. The molecule has 0 spiro atoms. The minimum absolute atomic E-state index is 0.0462. The van der Waals surface area contributed by atoms with E-state index in [4.69, 9.17) is 18.5 Å². The number of nitrogens with zero attached hydrogens (tertiary/aromatic N) is 1. The van der Waals surface area contributed by atoms with Crippen molar-refractivity contribution in [3.63, 3.8) is 0 Å². The van der Waals surface area contributed by atoms with E-state index in [1.165, 1.54) is 44.9 Å². The van der Waals surface area contributed by atoms with Crippen molar-refractivity contribution < 1.29 is 42.1 Å². The number of quaternary nitrogens is 1. The molecule has 0 radical (unpaired) electrons. The SMILES string of the molecule is CC/C=C\C/C=C\C/C=C\C/C=C\C/C=C\CCCC(=O)O[C@H](COC(=O)CCCCCCC/C=C\CCCCCCCC)COP(=O)([O-])OCC[N+](C)(C)C. The maximum atomic E-state index is 12.6. The largest absolute Gasteiger partial charge is 0.756 e. The van der Waals surface area contributed by atoms with Gasteiger partial charge in [0.2, 0.25) is 0 Å². The van der Waals surface area contributed by atoms with Gasteiger partial charge >= 0.3 is 11.9 Å². The van der Waals surface area contributed by atoms with Crippen molar-refractivity contribution in [2.75, 3.05) is 47.5 Å². The molecule has 0 aliphatic carbocycles. The molecule has 1 unspecified atom stereocenters. The second kappa shape index (κ2) is 38.0. The topological polar surface area (TPSA) is 111 Å². The summed E-state index contributed by atoms with van der Waals surface area (Å²) in [6.45, 7) is 4.01. The van der Waals surface area contributed by atoms with E-state index >= 15 is 0 Å². The number of unbranched alkanes of at least 4 members (excludes halogenated alkanes) is 12. The summed E-state index contributed by atoms with van der Waals surface area (Å²) in [7, 11) is 1.11. The first-order chi connectivity index (χ1) is 27.0. The zero-order chi connectivity index (χ0) is 41.4. The Hall–Kier alpha value is -2.55. The third kappa shape index (κ3) is 41.1. The Labute approximate surface area is 342 Å². The summed E-state index contributed by atoms with van der Waals surface area (Å²) < 4.78 is 33.8. The van der Waals surface area contributed by atoms with Crippen molar-refractivity contribution in [2.24, 2.45) is 0 Å². The van der Waals surface area contributed by atoms with Gasteiger partial charge in [-0.1, -0.05) is 138 Å². The molecule has 0 rings (SSSR count). The molecule has 0 aliphatic heterocycles. The second-order valence-electron chi connectivity index (χ2n) is 15.3. The molecular weight excluding hydrogens is 725 g/mol. The average Bonchev–Trinajstić information content (AvgIpc) is 3.15. The molecule has 2 atom stereocenters. The molecular formula is C46H80NO8P. The summed E-state index contributed by atoms with van der Waals surface area (Å²) in [5.41, 5.74) is 0. The molecule has 0 aliphatic rings. The number of hydrogen-bond acceptors (Lipinski definition) is 8. The lowest BCUT2D eigenvalue weighted by molar-refractivity contribution is -0.870. The fourth-order valence-electron chi connectivity index (χ4n) is 5.33. The van der Waals surface area contributed by atoms with Gasteiger partial charge in [0.25, 0.3) is 7.82 Å². The number of phosphoric ester groups is 1. The van der Waals surface area contributed by atoms with Crippen molar-refractivity contribution in [3.05, 3.63) is 72.9 Å². The summed E-state index contributed by atoms with van der Waals surface area (Å²) in [6.07, 6.45) is 46.5. The van der Waals surface area contributed by atoms with Crippen molar-refractivity contribution in [1.29, 1.82) is 0 Å². The zero-order valence-corrected chi connectivity index (χ0v) is 36.9. The van der Waals surface area contributed by atoms with Gasteiger partial charge in [-0.15, -0.1) is 0 Å². The Bertz CT molecular complexity index is 1180. The molecule has 0 amide bonds. The Morgan fingerprint density at radius 1 is 0.571 bits per heavy atom. The van der Waals surface area contributed by atoms with Crippen LogP contribution in [0.25, 0.3) is 0 Å². The highest BCUT2D eigenvalue weighted by atomic mass is 31.2. The predicted octanol–water partition coefficient (Wildman–Crippen LogP) is 11.6. The Morgan fingerprint density at radius 2 is 1.04 bits per heavy atom. The van der Waals surface area contributed by atoms with E-state index in [0.717, 1.165) is 64.2 Å². The molecule has 0 aromatic heterocycles. The standard InChI is InChI=1S/C46H80NO8P/c1-6-8-10-12-14-16-18-20-22-23-25-27-29-31-33-35-37-39-46(49)55-44(43-54-56(50,51)53-41-40-47(3,4)5)42-52-45(48)38-36-34-32-30-28-26-24-21-19-17-15-13-11-9-7-2/h8,10,14,16,20-22,24-25,27,31,33,44H,6-7,9,11-13,15,17-19,23,26,28-30,32,34-43H2,1-5H3/b10-8-,16-14-,22-20-,24-21-,27-25-,33-31-/t44-/m1/s1. The fraction of sp³-hybridized carbons (Fsp3) is 0.696. The van der Waals surface area contributed by atoms with Gasteiger partial charge < -0.3 is 27.9 Å². The van der Waals surface area contributed by atoms with E-state index in [9.17, 15) is 19.0 Å². The highest BCUT2D eigenvalue weighted by Crippen LogP contribution is 2.38. The van der Waals surface area contributed by atoms with Crippen LogP contribution in [0.5, 0.6) is 0 Å². The molecule has 0 fully saturated rings. The monoisotopic (exact) mass is 806 g/mol. The molecule has 0 aromatic rings. The summed E-state index contributed by atoms with van der Waals surface area (Å²) in [5, 5.41) is 0. The van der Waals surface area contributed by atoms with E-state index in [0.29, 0.717) is 30.3 Å². The lowest BCUT2D eigenvalue weighted by Crippen LogP contribution is -2.37. The first-order valence-corrected chi connectivity index (χ1v) is 23.1. The minimum atomic E-state index is -4.64. The zero-order valence-electron chi connectivity index (χ0n) is 36.1. The lowest BCUT2D eigenvalue weighted by Gasteiger charge is -2.28. The summed E-state index contributed by atoms with van der Waals surface area (Å²) in [6, 6.07) is 0. The molecule has 9 nitrogen and oxygen atoms in total. The van der Waals surface area contributed by atoms with Crippen LogP contribution in [0.4, 0.5) is 0 Å². The van der Waals surface area contributed by atoms with Crippen LogP contribution >= 0.6 is 7.82 Å². The van der Waals surface area contributed by atoms with Crippen LogP contribution in [-0.4, -0.2) is 70.0 Å². The van der Waals surface area contributed by atoms with E-state index in [1.54, 1.807) is 0 Å². The fourth-order valence-corrected chi connectivity index (χ4v) is 6.06. The highest BCUT2D eigenvalue weighted by Gasteiger charge is 2.21. The average molecular weight is 806 g/mol. The predicted molar refractivity (Wildman–Crippen MR) is 231 cm³/mol. The van der Waals surface area contributed by atoms with Crippen molar-refractivity contribution >= 4 is 19.8 Å². The molecule has 56 heavy (non-hydrogen) atoms. The van der Waals surface area contributed by atoms with Crippen LogP contribution in [0.3, 0.4) is 0 Å². The maximum Gasteiger partial charge on any atom is 0.306 e. The normalized spacial score (nSPS) is 14.3. The third-order valence-corrected chi connectivity index (χ3v) is 9.67. The van der Waals surface area contributed by atoms with Gasteiger partial charge in [0.15, 0.2) is 6.10 Å². The van der Waals surface area contributed by atoms with Gasteiger partial charge in [-0.05, 0) is 77.0 Å². The first-order valence-electron chi connectivity index (χ1n) is 21.6. The van der Waals surface area contributed by atoms with E-state index in [-0.39, 0.29) is 26.1 Å². The van der Waals surface area contributed by atoms with Crippen molar-refractivity contribution in [3.8, 4) is 0 Å². The van der Waals surface area contributed by atoms with Gasteiger partial charge in [0, 0.05) is 12.8 Å². The summed E-state index contributed by atoms with van der Waals surface area (Å²) in [5.74, 6) is -0.919. The maximum absolute atomic E-state index is 12.6. The number of carbonyl (C=O) groups excluding carboxylic acids is 2. The van der Waals surface area contributed by atoms with Crippen molar-refractivity contribution in [1.82, 2.24) is 0 Å². The smallest absolute Gasteiger partial charge is 0.306 e. The molecule has 0 N–H and O–H groups in total. The number of hydrogen-bond donors (Lipinski definition) is 0.